The second kappa shape index (κ2) is 1.37. The number of fused-ring (bicyclic) bond motifs is 1. The van der Waals surface area contributed by atoms with Gasteiger partial charge in [0.2, 0.25) is 0 Å². The molecule has 0 bridgehead atoms. The van der Waals surface area contributed by atoms with Crippen LogP contribution in [0.4, 0.5) is 0 Å². The van der Waals surface area contributed by atoms with Crippen LogP contribution in [0, 0.1) is 11.8 Å². The highest BCUT2D eigenvalue weighted by Crippen LogP contribution is 2.51. The average Bonchev–Trinajstić information content (AvgIpc) is 2.45. The van der Waals surface area contributed by atoms with E-state index in [1.54, 1.807) is 11.5 Å². The van der Waals surface area contributed by atoms with Gasteiger partial charge in [0.05, 0.1) is 0 Å². The lowest BCUT2D eigenvalue weighted by Gasteiger charge is -2.04. The minimum absolute atomic E-state index is 1.03. The Morgan fingerprint density at radius 2 is 2.50 bits per heavy atom. The highest BCUT2D eigenvalue weighted by Gasteiger charge is 2.39. The molecule has 0 saturated heterocycles. The summed E-state index contributed by atoms with van der Waals surface area (Å²) in [6, 6.07) is 0. The Bertz CT molecular complexity index is 133. The topological polar surface area (TPSA) is 0 Å². The summed E-state index contributed by atoms with van der Waals surface area (Å²) in [5.41, 5.74) is 1.58. The number of rotatable bonds is 0. The summed E-state index contributed by atoms with van der Waals surface area (Å²) >= 11 is 0. The lowest BCUT2D eigenvalue weighted by molar-refractivity contribution is 0.730. The second-order valence-corrected chi connectivity index (χ2v) is 2.89. The van der Waals surface area contributed by atoms with Gasteiger partial charge in [-0.25, -0.2) is 0 Å². The van der Waals surface area contributed by atoms with E-state index in [0.717, 1.165) is 5.92 Å². The van der Waals surface area contributed by atoms with E-state index in [2.05, 4.69) is 13.0 Å². The van der Waals surface area contributed by atoms with Crippen molar-refractivity contribution < 1.29 is 0 Å². The van der Waals surface area contributed by atoms with E-state index in [9.17, 15) is 0 Å². The van der Waals surface area contributed by atoms with Crippen LogP contribution in [0.2, 0.25) is 0 Å². The van der Waals surface area contributed by atoms with Gasteiger partial charge in [-0.1, -0.05) is 11.6 Å². The summed E-state index contributed by atoms with van der Waals surface area (Å²) in [6.07, 6.45) is 6.56. The van der Waals surface area contributed by atoms with Crippen LogP contribution < -0.4 is 0 Å². The number of allylic oxidation sites excluding steroid dienone is 2. The fourth-order valence-corrected chi connectivity index (χ4v) is 1.60. The first-order chi connectivity index (χ1) is 3.88. The third kappa shape index (κ3) is 0.521. The van der Waals surface area contributed by atoms with Crippen molar-refractivity contribution in [3.8, 4) is 0 Å². The molecule has 0 amide bonds. The van der Waals surface area contributed by atoms with E-state index in [-0.39, 0.29) is 0 Å². The van der Waals surface area contributed by atoms with Gasteiger partial charge in [0, 0.05) is 5.92 Å². The van der Waals surface area contributed by atoms with E-state index >= 15 is 0 Å². The molecule has 0 heterocycles. The molecule has 43 valence electrons. The Kier molecular flexibility index (Phi) is 0.787. The van der Waals surface area contributed by atoms with Gasteiger partial charge in [0.1, 0.15) is 0 Å². The molecule has 1 unspecified atom stereocenters. The molecule has 8 heavy (non-hydrogen) atoms. The zero-order valence-corrected chi connectivity index (χ0v) is 5.28. The summed E-state index contributed by atoms with van der Waals surface area (Å²) in [4.78, 5) is 0. The summed E-state index contributed by atoms with van der Waals surface area (Å²) in [5, 5.41) is 0. The monoisotopic (exact) mass is 107 g/mol. The van der Waals surface area contributed by atoms with Crippen molar-refractivity contribution in [2.45, 2.75) is 26.2 Å². The van der Waals surface area contributed by atoms with Gasteiger partial charge in [-0.2, -0.15) is 0 Å². The average molecular weight is 107 g/mol. The van der Waals surface area contributed by atoms with Crippen molar-refractivity contribution in [1.82, 2.24) is 0 Å². The predicted octanol–water partition coefficient (Wildman–Crippen LogP) is 2.32. The highest BCUT2D eigenvalue weighted by atomic mass is 14.4. The Morgan fingerprint density at radius 1 is 1.62 bits per heavy atom. The Labute approximate surface area is 50.6 Å². The maximum absolute atomic E-state index is 2.37. The zero-order chi connectivity index (χ0) is 5.56. The van der Waals surface area contributed by atoms with Crippen molar-refractivity contribution in [3.05, 3.63) is 17.6 Å². The van der Waals surface area contributed by atoms with Crippen LogP contribution in [0.1, 0.15) is 26.2 Å². The van der Waals surface area contributed by atoms with Crippen LogP contribution in [0.25, 0.3) is 0 Å². The normalized spacial score (nSPS) is 36.1. The third-order valence-electron chi connectivity index (χ3n) is 2.27. The molecule has 2 aliphatic carbocycles. The van der Waals surface area contributed by atoms with E-state index in [1.807, 2.05) is 0 Å². The third-order valence-corrected chi connectivity index (χ3v) is 2.27. The zero-order valence-electron chi connectivity index (χ0n) is 5.28. The van der Waals surface area contributed by atoms with Gasteiger partial charge in [0.15, 0.2) is 0 Å². The first kappa shape index (κ1) is 4.60. The van der Waals surface area contributed by atoms with Crippen LogP contribution in [-0.2, 0) is 0 Å². The lowest BCUT2D eigenvalue weighted by Crippen LogP contribution is -1.89. The second-order valence-electron chi connectivity index (χ2n) is 2.89. The van der Waals surface area contributed by atoms with E-state index in [4.69, 9.17) is 0 Å². The first-order valence-corrected chi connectivity index (χ1v) is 3.41. The van der Waals surface area contributed by atoms with Crippen LogP contribution in [0.5, 0.6) is 0 Å². The summed E-state index contributed by atoms with van der Waals surface area (Å²) in [7, 11) is 0. The van der Waals surface area contributed by atoms with Crippen molar-refractivity contribution >= 4 is 0 Å². The van der Waals surface area contributed by atoms with Crippen LogP contribution in [-0.4, -0.2) is 0 Å². The van der Waals surface area contributed by atoms with Gasteiger partial charge in [0.25, 0.3) is 0 Å². The highest BCUT2D eigenvalue weighted by molar-refractivity contribution is 5.37. The molecule has 0 spiro atoms. The molecule has 0 aromatic carbocycles. The minimum atomic E-state index is 1.03. The molecule has 1 saturated carbocycles. The smallest absolute Gasteiger partial charge is 0.00369 e. The van der Waals surface area contributed by atoms with Gasteiger partial charge < -0.3 is 0 Å². The quantitative estimate of drug-likeness (QED) is 0.445. The van der Waals surface area contributed by atoms with Gasteiger partial charge in [-0.15, -0.1) is 0 Å². The van der Waals surface area contributed by atoms with E-state index in [1.165, 1.54) is 19.3 Å². The fourth-order valence-electron chi connectivity index (χ4n) is 1.60. The minimum Gasteiger partial charge on any atom is -0.0850 e. The summed E-state index contributed by atoms with van der Waals surface area (Å²) < 4.78 is 0. The molecule has 2 aliphatic rings. The largest absolute Gasteiger partial charge is 0.0850 e. The van der Waals surface area contributed by atoms with E-state index in [0.29, 0.717) is 0 Å². The Hall–Kier alpha value is -0.260. The molecule has 0 N–H and O–H groups in total. The Balaban J connectivity index is 2.18. The summed E-state index contributed by atoms with van der Waals surface area (Å²) in [5.74, 6) is 2.77. The summed E-state index contributed by atoms with van der Waals surface area (Å²) in [6.45, 7) is 2.24. The number of hydrogen-bond donors (Lipinski definition) is 0. The molecule has 0 aromatic rings. The molecule has 0 heteroatoms. The predicted molar refractivity (Wildman–Crippen MR) is 34.3 cm³/mol. The standard InChI is InChI=1S/C8H11/c1-6-3-2-4-7-5-8(6)7/h3,7H,2,4-5H2,1H3. The number of hydrogen-bond acceptors (Lipinski definition) is 0. The van der Waals surface area contributed by atoms with Crippen LogP contribution >= 0.6 is 0 Å². The van der Waals surface area contributed by atoms with Crippen molar-refractivity contribution in [1.29, 1.82) is 0 Å². The molecule has 0 nitrogen and oxygen atoms in total. The lowest BCUT2D eigenvalue weighted by atomic mass is 10.0. The van der Waals surface area contributed by atoms with E-state index < -0.39 is 0 Å². The van der Waals surface area contributed by atoms with Crippen LogP contribution in [0.15, 0.2) is 11.6 Å². The van der Waals surface area contributed by atoms with Crippen molar-refractivity contribution in [2.24, 2.45) is 5.92 Å². The van der Waals surface area contributed by atoms with Crippen LogP contribution in [0.3, 0.4) is 0 Å². The molecular formula is C8H11. The molecular weight excluding hydrogens is 96.1 g/mol. The SMILES string of the molecule is CC1=CCCC2C[C]12. The Morgan fingerprint density at radius 3 is 3.12 bits per heavy atom. The molecule has 2 rings (SSSR count). The first-order valence-electron chi connectivity index (χ1n) is 3.41. The van der Waals surface area contributed by atoms with Gasteiger partial charge >= 0.3 is 0 Å². The molecule has 1 atom stereocenters. The van der Waals surface area contributed by atoms with Gasteiger partial charge in [-0.3, -0.25) is 0 Å². The van der Waals surface area contributed by atoms with Gasteiger partial charge in [-0.05, 0) is 32.1 Å². The van der Waals surface area contributed by atoms with Crippen molar-refractivity contribution in [3.63, 3.8) is 0 Å². The maximum atomic E-state index is 2.37. The molecule has 0 aromatic heterocycles. The maximum Gasteiger partial charge on any atom is 0.00369 e. The fraction of sp³-hybridized carbons (Fsp3) is 0.625. The van der Waals surface area contributed by atoms with Crippen molar-refractivity contribution in [2.75, 3.05) is 0 Å². The molecule has 0 aliphatic heterocycles. The molecule has 1 fully saturated rings. The molecule has 1 radical (unpaired) electrons.